The summed E-state index contributed by atoms with van der Waals surface area (Å²) in [6.45, 7) is 0.0190. The Bertz CT molecular complexity index is 682. The molecule has 100 valence electrons. The predicted molar refractivity (Wildman–Crippen MR) is 67.3 cm³/mol. The quantitative estimate of drug-likeness (QED) is 0.841. The minimum absolute atomic E-state index is 0.0190. The van der Waals surface area contributed by atoms with Crippen LogP contribution in [0.2, 0.25) is 0 Å². The number of carbonyl (C=O) groups is 1. The van der Waals surface area contributed by atoms with Crippen molar-refractivity contribution in [2.24, 2.45) is 0 Å². The lowest BCUT2D eigenvalue weighted by Gasteiger charge is -2.03. The van der Waals surface area contributed by atoms with Crippen molar-refractivity contribution in [2.75, 3.05) is 0 Å². The second-order valence-corrected chi connectivity index (χ2v) is 6.53. The van der Waals surface area contributed by atoms with Crippen LogP contribution in [0.5, 0.6) is 0 Å². The van der Waals surface area contributed by atoms with Gasteiger partial charge in [-0.05, 0) is 18.2 Å². The third-order valence-corrected chi connectivity index (χ3v) is 5.11. The summed E-state index contributed by atoms with van der Waals surface area (Å²) in [6.07, 6.45) is 2.82. The molecule has 0 saturated carbocycles. The van der Waals surface area contributed by atoms with Gasteiger partial charge in [0.1, 0.15) is 15.4 Å². The molecule has 2 heterocycles. The lowest BCUT2D eigenvalue weighted by Crippen LogP contribution is -2.22. The lowest BCUT2D eigenvalue weighted by atomic mass is 10.4. The maximum Gasteiger partial charge on any atom is 0.345 e. The van der Waals surface area contributed by atoms with E-state index in [2.05, 4.69) is 14.7 Å². The zero-order valence-corrected chi connectivity index (χ0v) is 11.1. The Balaban J connectivity index is 2.12. The molecule has 2 rings (SSSR count). The minimum Gasteiger partial charge on any atom is -0.477 e. The van der Waals surface area contributed by atoms with Crippen LogP contribution in [0.4, 0.5) is 0 Å². The fourth-order valence-electron chi connectivity index (χ4n) is 1.24. The van der Waals surface area contributed by atoms with Gasteiger partial charge in [-0.3, -0.25) is 0 Å². The highest BCUT2D eigenvalue weighted by Gasteiger charge is 2.18. The van der Waals surface area contributed by atoms with Gasteiger partial charge in [-0.1, -0.05) is 0 Å². The van der Waals surface area contributed by atoms with E-state index in [9.17, 15) is 13.2 Å². The second-order valence-electron chi connectivity index (χ2n) is 3.45. The van der Waals surface area contributed by atoms with Gasteiger partial charge in [0.05, 0.1) is 12.2 Å². The van der Waals surface area contributed by atoms with Crippen molar-refractivity contribution in [2.45, 2.75) is 10.8 Å². The third-order valence-electron chi connectivity index (χ3n) is 2.14. The normalized spacial score (nSPS) is 11.4. The summed E-state index contributed by atoms with van der Waals surface area (Å²) in [6, 6.07) is 4.10. The van der Waals surface area contributed by atoms with E-state index in [-0.39, 0.29) is 15.6 Å². The number of hydrogen-bond acceptors (Lipinski definition) is 6. The topological polar surface area (TPSA) is 109 Å². The number of aromatic nitrogens is 2. The molecule has 0 amide bonds. The first-order valence-electron chi connectivity index (χ1n) is 5.07. The fraction of sp³-hybridized carbons (Fsp3) is 0.100. The van der Waals surface area contributed by atoms with Crippen molar-refractivity contribution in [3.8, 4) is 0 Å². The van der Waals surface area contributed by atoms with Crippen molar-refractivity contribution >= 4 is 27.3 Å². The Morgan fingerprint density at radius 3 is 2.74 bits per heavy atom. The summed E-state index contributed by atoms with van der Waals surface area (Å²) in [5, 5.41) is 8.75. The summed E-state index contributed by atoms with van der Waals surface area (Å²) in [4.78, 5) is 18.3. The molecule has 0 radical (unpaired) electrons. The van der Waals surface area contributed by atoms with Crippen LogP contribution in [0.1, 0.15) is 15.4 Å². The van der Waals surface area contributed by atoms with Crippen LogP contribution >= 0.6 is 11.3 Å². The van der Waals surface area contributed by atoms with E-state index in [1.165, 1.54) is 24.7 Å². The van der Waals surface area contributed by atoms with Crippen LogP contribution in [0.15, 0.2) is 34.9 Å². The first kappa shape index (κ1) is 13.6. The van der Waals surface area contributed by atoms with Gasteiger partial charge in [-0.15, -0.1) is 11.3 Å². The number of nitrogens with zero attached hydrogens (tertiary/aromatic N) is 2. The minimum atomic E-state index is -3.73. The van der Waals surface area contributed by atoms with Crippen LogP contribution in [0, 0.1) is 0 Å². The van der Waals surface area contributed by atoms with E-state index < -0.39 is 16.0 Å². The van der Waals surface area contributed by atoms with E-state index in [1.54, 1.807) is 6.07 Å². The van der Waals surface area contributed by atoms with Crippen molar-refractivity contribution in [3.63, 3.8) is 0 Å². The molecule has 0 aliphatic heterocycles. The average Bonchev–Trinajstić information content (AvgIpc) is 2.88. The van der Waals surface area contributed by atoms with E-state index >= 15 is 0 Å². The molecule has 19 heavy (non-hydrogen) atoms. The van der Waals surface area contributed by atoms with Crippen molar-refractivity contribution < 1.29 is 18.3 Å². The van der Waals surface area contributed by atoms with Crippen molar-refractivity contribution in [1.29, 1.82) is 0 Å². The summed E-state index contributed by atoms with van der Waals surface area (Å²) in [5.74, 6) is -1.15. The summed E-state index contributed by atoms with van der Waals surface area (Å²) in [5.41, 5.74) is 0.522. The van der Waals surface area contributed by atoms with Gasteiger partial charge in [0, 0.05) is 6.20 Å². The molecule has 2 aromatic rings. The number of thiophene rings is 1. The van der Waals surface area contributed by atoms with E-state index in [1.807, 2.05) is 0 Å². The fourth-order valence-corrected chi connectivity index (χ4v) is 3.43. The Labute approximate surface area is 113 Å². The smallest absolute Gasteiger partial charge is 0.345 e. The zero-order valence-electron chi connectivity index (χ0n) is 9.48. The molecule has 0 aromatic carbocycles. The standard InChI is InChI=1S/C10H9N3O4S2/c14-10(15)8-1-2-9(18-8)19(16,17)13-5-7-3-4-11-6-12-7/h1-4,6,13H,5H2,(H,14,15). The van der Waals surface area contributed by atoms with Gasteiger partial charge in [0.2, 0.25) is 10.0 Å². The van der Waals surface area contributed by atoms with Gasteiger partial charge in [0.15, 0.2) is 0 Å². The molecular formula is C10H9N3O4S2. The highest BCUT2D eigenvalue weighted by Crippen LogP contribution is 2.21. The Morgan fingerprint density at radius 2 is 2.16 bits per heavy atom. The van der Waals surface area contributed by atoms with Crippen LogP contribution in [-0.2, 0) is 16.6 Å². The number of nitrogens with one attached hydrogen (secondary N) is 1. The van der Waals surface area contributed by atoms with E-state index in [4.69, 9.17) is 5.11 Å². The molecule has 0 saturated heterocycles. The Hall–Kier alpha value is -1.84. The highest BCUT2D eigenvalue weighted by atomic mass is 32.2. The van der Waals surface area contributed by atoms with Crippen LogP contribution in [0.25, 0.3) is 0 Å². The summed E-state index contributed by atoms with van der Waals surface area (Å²) < 4.78 is 26.1. The third kappa shape index (κ3) is 3.34. The number of sulfonamides is 1. The number of carboxylic acid groups (broad SMARTS) is 1. The first-order valence-corrected chi connectivity index (χ1v) is 7.37. The molecule has 2 aromatic heterocycles. The SMILES string of the molecule is O=C(O)c1ccc(S(=O)(=O)NCc2ccncn2)s1. The zero-order chi connectivity index (χ0) is 13.9. The maximum absolute atomic E-state index is 11.9. The number of aromatic carboxylic acids is 1. The Kier molecular flexibility index (Phi) is 3.88. The van der Waals surface area contributed by atoms with Gasteiger partial charge in [0.25, 0.3) is 0 Å². The number of hydrogen-bond donors (Lipinski definition) is 2. The Morgan fingerprint density at radius 1 is 1.37 bits per heavy atom. The van der Waals surface area contributed by atoms with Crippen molar-refractivity contribution in [3.05, 3.63) is 41.3 Å². The van der Waals surface area contributed by atoms with E-state index in [0.29, 0.717) is 17.0 Å². The van der Waals surface area contributed by atoms with Crippen LogP contribution < -0.4 is 4.72 Å². The predicted octanol–water partition coefficient (Wildman–Crippen LogP) is 0.715. The monoisotopic (exact) mass is 299 g/mol. The van der Waals surface area contributed by atoms with Crippen LogP contribution in [-0.4, -0.2) is 29.5 Å². The molecule has 0 spiro atoms. The summed E-state index contributed by atoms with van der Waals surface area (Å²) in [7, 11) is -3.73. The molecule has 0 unspecified atom stereocenters. The highest BCUT2D eigenvalue weighted by molar-refractivity contribution is 7.91. The lowest BCUT2D eigenvalue weighted by molar-refractivity contribution is 0.0702. The second kappa shape index (κ2) is 5.43. The molecule has 2 N–H and O–H groups in total. The molecular weight excluding hydrogens is 290 g/mol. The average molecular weight is 299 g/mol. The number of rotatable bonds is 5. The van der Waals surface area contributed by atoms with E-state index in [0.717, 1.165) is 0 Å². The maximum atomic E-state index is 11.9. The largest absolute Gasteiger partial charge is 0.477 e. The first-order chi connectivity index (χ1) is 8.99. The molecule has 0 aliphatic rings. The molecule has 9 heteroatoms. The van der Waals surface area contributed by atoms with Crippen molar-refractivity contribution in [1.82, 2.24) is 14.7 Å². The van der Waals surface area contributed by atoms with Gasteiger partial charge >= 0.3 is 5.97 Å². The molecule has 0 aliphatic carbocycles. The summed E-state index contributed by atoms with van der Waals surface area (Å²) >= 11 is 0.700. The molecule has 7 nitrogen and oxygen atoms in total. The number of carboxylic acids is 1. The van der Waals surface area contributed by atoms with Gasteiger partial charge < -0.3 is 5.11 Å². The van der Waals surface area contributed by atoms with Crippen LogP contribution in [0.3, 0.4) is 0 Å². The molecule has 0 fully saturated rings. The molecule has 0 atom stereocenters. The molecule has 0 bridgehead atoms. The van der Waals surface area contributed by atoms with Gasteiger partial charge in [-0.25, -0.2) is 27.9 Å². The van der Waals surface area contributed by atoms with Gasteiger partial charge in [-0.2, -0.15) is 0 Å².